The quantitative estimate of drug-likeness (QED) is 0.761. The predicted octanol–water partition coefficient (Wildman–Crippen LogP) is 1.35. The Morgan fingerprint density at radius 2 is 1.94 bits per heavy atom. The van der Waals surface area contributed by atoms with Gasteiger partial charge in [-0.2, -0.15) is 0 Å². The minimum Gasteiger partial charge on any atom is -0.390 e. The van der Waals surface area contributed by atoms with Gasteiger partial charge in [-0.25, -0.2) is 0 Å². The Labute approximate surface area is 99.0 Å². The van der Waals surface area contributed by atoms with Crippen molar-refractivity contribution in [1.82, 2.24) is 4.90 Å². The molecule has 0 aromatic carbocycles. The first-order valence-corrected chi connectivity index (χ1v) is 6.70. The number of rotatable bonds is 4. The molecule has 0 aromatic heterocycles. The van der Waals surface area contributed by atoms with Crippen LogP contribution in [0.15, 0.2) is 0 Å². The molecule has 1 atom stereocenters. The minimum atomic E-state index is -0.431. The monoisotopic (exact) mass is 226 g/mol. The van der Waals surface area contributed by atoms with Gasteiger partial charge < -0.3 is 15.7 Å². The molecule has 0 radical (unpaired) electrons. The van der Waals surface area contributed by atoms with Crippen LogP contribution in [0.5, 0.6) is 0 Å². The maximum atomic E-state index is 10.0. The van der Waals surface area contributed by atoms with Crippen LogP contribution in [0, 0.1) is 5.41 Å². The summed E-state index contributed by atoms with van der Waals surface area (Å²) in [7, 11) is 0. The Hall–Kier alpha value is -0.120. The largest absolute Gasteiger partial charge is 0.390 e. The molecule has 1 saturated carbocycles. The molecule has 2 aliphatic rings. The molecule has 2 fully saturated rings. The maximum absolute atomic E-state index is 10.0. The van der Waals surface area contributed by atoms with E-state index in [0.29, 0.717) is 5.41 Å². The molecule has 1 saturated heterocycles. The van der Waals surface area contributed by atoms with E-state index in [-0.39, 0.29) is 0 Å². The van der Waals surface area contributed by atoms with E-state index in [4.69, 9.17) is 5.73 Å². The van der Waals surface area contributed by atoms with Gasteiger partial charge in [-0.3, -0.25) is 0 Å². The molecule has 1 aliphatic heterocycles. The van der Waals surface area contributed by atoms with Crippen LogP contribution in [-0.2, 0) is 0 Å². The van der Waals surface area contributed by atoms with Crippen LogP contribution in [-0.4, -0.2) is 41.8 Å². The Balaban J connectivity index is 1.82. The minimum absolute atomic E-state index is 0.431. The standard InChI is InChI=1S/C13H26N2O/c1-12(16)3-2-9-15(10-7-12)11-13(4-5-13)6-8-14/h16H,2-11,14H2,1H3. The average molecular weight is 226 g/mol. The molecule has 16 heavy (non-hydrogen) atoms. The lowest BCUT2D eigenvalue weighted by molar-refractivity contribution is 0.0439. The predicted molar refractivity (Wildman–Crippen MR) is 66.3 cm³/mol. The molecule has 0 bridgehead atoms. The second-order valence-electron chi connectivity index (χ2n) is 6.17. The van der Waals surface area contributed by atoms with Gasteiger partial charge in [0.25, 0.3) is 0 Å². The van der Waals surface area contributed by atoms with Gasteiger partial charge >= 0.3 is 0 Å². The Morgan fingerprint density at radius 3 is 2.56 bits per heavy atom. The Bertz CT molecular complexity index is 236. The summed E-state index contributed by atoms with van der Waals surface area (Å²) >= 11 is 0. The highest BCUT2D eigenvalue weighted by molar-refractivity contribution is 4.96. The molecule has 0 amide bonds. The van der Waals surface area contributed by atoms with E-state index in [1.807, 2.05) is 6.92 Å². The molecule has 1 aliphatic carbocycles. The zero-order valence-electron chi connectivity index (χ0n) is 10.5. The highest BCUT2D eigenvalue weighted by Crippen LogP contribution is 2.49. The van der Waals surface area contributed by atoms with Crippen molar-refractivity contribution >= 4 is 0 Å². The van der Waals surface area contributed by atoms with Crippen molar-refractivity contribution in [3.05, 3.63) is 0 Å². The summed E-state index contributed by atoms with van der Waals surface area (Å²) in [5.74, 6) is 0. The summed E-state index contributed by atoms with van der Waals surface area (Å²) in [6, 6.07) is 0. The molecule has 0 spiro atoms. The first-order chi connectivity index (χ1) is 7.55. The lowest BCUT2D eigenvalue weighted by Crippen LogP contribution is -2.33. The van der Waals surface area contributed by atoms with E-state index in [1.165, 1.54) is 25.8 Å². The normalized spacial score (nSPS) is 34.7. The van der Waals surface area contributed by atoms with E-state index in [0.717, 1.165) is 38.9 Å². The third-order valence-electron chi connectivity index (χ3n) is 4.35. The van der Waals surface area contributed by atoms with Crippen molar-refractivity contribution in [3.63, 3.8) is 0 Å². The lowest BCUT2D eigenvalue weighted by atomic mass is 9.98. The number of nitrogens with zero attached hydrogens (tertiary/aromatic N) is 1. The third kappa shape index (κ3) is 3.19. The SMILES string of the molecule is CC1(O)CCCN(CC2(CCN)CC2)CC1. The van der Waals surface area contributed by atoms with Crippen molar-refractivity contribution in [2.75, 3.05) is 26.2 Å². The zero-order valence-corrected chi connectivity index (χ0v) is 10.5. The zero-order chi connectivity index (χ0) is 11.6. The van der Waals surface area contributed by atoms with Crippen molar-refractivity contribution in [3.8, 4) is 0 Å². The molecule has 1 unspecified atom stereocenters. The van der Waals surface area contributed by atoms with Crippen molar-refractivity contribution in [1.29, 1.82) is 0 Å². The second-order valence-corrected chi connectivity index (χ2v) is 6.17. The summed E-state index contributed by atoms with van der Waals surface area (Å²) in [4.78, 5) is 2.55. The van der Waals surface area contributed by atoms with Gasteiger partial charge in [0.15, 0.2) is 0 Å². The van der Waals surface area contributed by atoms with Gasteiger partial charge in [-0.1, -0.05) is 0 Å². The van der Waals surface area contributed by atoms with Crippen LogP contribution in [0.3, 0.4) is 0 Å². The van der Waals surface area contributed by atoms with E-state index < -0.39 is 5.60 Å². The van der Waals surface area contributed by atoms with Gasteiger partial charge in [0.2, 0.25) is 0 Å². The summed E-state index contributed by atoms with van der Waals surface area (Å²) in [5.41, 5.74) is 5.79. The van der Waals surface area contributed by atoms with Crippen LogP contribution in [0.2, 0.25) is 0 Å². The summed E-state index contributed by atoms with van der Waals surface area (Å²) < 4.78 is 0. The van der Waals surface area contributed by atoms with E-state index in [9.17, 15) is 5.11 Å². The molecule has 3 nitrogen and oxygen atoms in total. The lowest BCUT2D eigenvalue weighted by Gasteiger charge is -2.26. The highest BCUT2D eigenvalue weighted by atomic mass is 16.3. The molecular formula is C13H26N2O. The van der Waals surface area contributed by atoms with Crippen LogP contribution in [0.25, 0.3) is 0 Å². The Morgan fingerprint density at radius 1 is 1.19 bits per heavy atom. The van der Waals surface area contributed by atoms with Gasteiger partial charge in [-0.15, -0.1) is 0 Å². The number of nitrogens with two attached hydrogens (primary N) is 1. The van der Waals surface area contributed by atoms with E-state index in [2.05, 4.69) is 4.90 Å². The molecule has 94 valence electrons. The average Bonchev–Trinajstić information content (AvgIpc) is 2.96. The molecule has 2 rings (SSSR count). The van der Waals surface area contributed by atoms with Crippen molar-refractivity contribution < 1.29 is 5.11 Å². The van der Waals surface area contributed by atoms with Crippen LogP contribution in [0.4, 0.5) is 0 Å². The van der Waals surface area contributed by atoms with E-state index in [1.54, 1.807) is 0 Å². The van der Waals surface area contributed by atoms with Gasteiger partial charge in [0.1, 0.15) is 0 Å². The van der Waals surface area contributed by atoms with Crippen LogP contribution >= 0.6 is 0 Å². The molecule has 3 N–H and O–H groups in total. The van der Waals surface area contributed by atoms with Gasteiger partial charge in [0.05, 0.1) is 5.60 Å². The van der Waals surface area contributed by atoms with Gasteiger partial charge in [-0.05, 0) is 64.0 Å². The fraction of sp³-hybridized carbons (Fsp3) is 1.00. The number of likely N-dealkylation sites (tertiary alicyclic amines) is 1. The molecule has 1 heterocycles. The smallest absolute Gasteiger partial charge is 0.0632 e. The first-order valence-electron chi connectivity index (χ1n) is 6.70. The summed E-state index contributed by atoms with van der Waals surface area (Å²) in [6.07, 6.45) is 6.90. The Kier molecular flexibility index (Phi) is 3.57. The number of hydrogen-bond acceptors (Lipinski definition) is 3. The summed E-state index contributed by atoms with van der Waals surface area (Å²) in [6.45, 7) is 6.22. The van der Waals surface area contributed by atoms with Gasteiger partial charge in [0, 0.05) is 13.1 Å². The van der Waals surface area contributed by atoms with E-state index >= 15 is 0 Å². The second kappa shape index (κ2) is 4.63. The molecule has 3 heteroatoms. The fourth-order valence-electron chi connectivity index (χ4n) is 2.92. The molecular weight excluding hydrogens is 200 g/mol. The van der Waals surface area contributed by atoms with Crippen LogP contribution in [0.1, 0.15) is 45.4 Å². The fourth-order valence-corrected chi connectivity index (χ4v) is 2.92. The maximum Gasteiger partial charge on any atom is 0.0632 e. The number of hydrogen-bond donors (Lipinski definition) is 2. The topological polar surface area (TPSA) is 49.5 Å². The highest BCUT2D eigenvalue weighted by Gasteiger charge is 2.43. The third-order valence-corrected chi connectivity index (χ3v) is 4.35. The molecule has 0 aromatic rings. The van der Waals surface area contributed by atoms with Crippen molar-refractivity contribution in [2.24, 2.45) is 11.1 Å². The first kappa shape index (κ1) is 12.3. The van der Waals surface area contributed by atoms with Crippen molar-refractivity contribution in [2.45, 2.75) is 51.0 Å². The van der Waals surface area contributed by atoms with Crippen LogP contribution < -0.4 is 5.73 Å². The number of aliphatic hydroxyl groups is 1. The summed E-state index contributed by atoms with van der Waals surface area (Å²) in [5, 5.41) is 10.0.